The van der Waals surface area contributed by atoms with Crippen molar-refractivity contribution in [2.75, 3.05) is 7.11 Å². The van der Waals surface area contributed by atoms with Gasteiger partial charge in [-0.1, -0.05) is 58.1 Å². The summed E-state index contributed by atoms with van der Waals surface area (Å²) in [5, 5.41) is 27.7. The molecule has 1 aliphatic carbocycles. The Bertz CT molecular complexity index is 1270. The van der Waals surface area contributed by atoms with Crippen molar-refractivity contribution in [2.45, 2.75) is 127 Å². The summed E-state index contributed by atoms with van der Waals surface area (Å²) in [7, 11) is 1.55. The zero-order chi connectivity index (χ0) is 34.8. The van der Waals surface area contributed by atoms with Gasteiger partial charge in [0.25, 0.3) is 0 Å². The number of amides is 2. The van der Waals surface area contributed by atoms with E-state index in [1.165, 1.54) is 12.5 Å². The smallest absolute Gasteiger partial charge is 0.248 e. The molecule has 1 heterocycles. The molecule has 1 aromatic carbocycles. The summed E-state index contributed by atoms with van der Waals surface area (Å²) in [5.74, 6) is -1.12. The number of nitrogens with two attached hydrogens (primary N) is 2. The van der Waals surface area contributed by atoms with Crippen molar-refractivity contribution in [3.05, 3.63) is 48.0 Å². The van der Waals surface area contributed by atoms with E-state index < -0.39 is 53.0 Å². The van der Waals surface area contributed by atoms with Crippen LogP contribution in [0.2, 0.25) is 0 Å². The Balaban J connectivity index is 1.98. The Kier molecular flexibility index (Phi) is 13.9. The average Bonchev–Trinajstić information content (AvgIpc) is 3.52. The molecule has 262 valence electrons. The van der Waals surface area contributed by atoms with Crippen LogP contribution in [-0.4, -0.2) is 80.3 Å². The van der Waals surface area contributed by atoms with Crippen LogP contribution >= 0.6 is 0 Å². The van der Waals surface area contributed by atoms with Crippen LogP contribution in [0, 0.1) is 11.8 Å². The van der Waals surface area contributed by atoms with Crippen LogP contribution in [0.25, 0.3) is 0 Å². The number of carbonyl (C=O) groups is 3. The van der Waals surface area contributed by atoms with E-state index in [1.54, 1.807) is 45.2 Å². The molecule has 1 aliphatic rings. The van der Waals surface area contributed by atoms with E-state index in [0.717, 1.165) is 32.1 Å². The summed E-state index contributed by atoms with van der Waals surface area (Å²) in [5.41, 5.74) is 11.2. The molecule has 0 spiro atoms. The molecule has 3 rings (SSSR count). The average molecular weight is 657 g/mol. The summed E-state index contributed by atoms with van der Waals surface area (Å²) < 4.78 is 5.26. The highest BCUT2D eigenvalue weighted by atomic mass is 16.5. The van der Waals surface area contributed by atoms with Gasteiger partial charge in [-0.25, -0.2) is 4.98 Å². The highest BCUT2D eigenvalue weighted by Crippen LogP contribution is 2.29. The number of nitrogens with zero attached hydrogens (tertiary/aromatic N) is 1. The fourth-order valence-electron chi connectivity index (χ4n) is 6.21. The number of ether oxygens (including phenoxy) is 1. The van der Waals surface area contributed by atoms with Crippen molar-refractivity contribution >= 4 is 17.6 Å². The normalized spacial score (nSPS) is 18.1. The first kappa shape index (κ1) is 38.1. The second-order valence-corrected chi connectivity index (χ2v) is 14.4. The number of Topliss-reactive ketones (excluding diaryl/α,β-unsaturated/α-hetero) is 1. The first-order chi connectivity index (χ1) is 22.1. The van der Waals surface area contributed by atoms with Crippen molar-refractivity contribution in [1.82, 2.24) is 20.6 Å². The monoisotopic (exact) mass is 656 g/mol. The van der Waals surface area contributed by atoms with E-state index in [4.69, 9.17) is 16.2 Å². The summed E-state index contributed by atoms with van der Waals surface area (Å²) in [6.07, 6.45) is 6.64. The predicted molar refractivity (Wildman–Crippen MR) is 180 cm³/mol. The topological polar surface area (TPSA) is 206 Å². The van der Waals surface area contributed by atoms with Gasteiger partial charge in [0.2, 0.25) is 11.8 Å². The van der Waals surface area contributed by atoms with E-state index in [0.29, 0.717) is 23.4 Å². The molecule has 1 aromatic heterocycles. The lowest BCUT2D eigenvalue weighted by molar-refractivity contribution is -0.140. The number of hydrogen-bond donors (Lipinski definition) is 7. The van der Waals surface area contributed by atoms with Gasteiger partial charge in [0, 0.05) is 36.7 Å². The van der Waals surface area contributed by atoms with Crippen molar-refractivity contribution < 1.29 is 29.3 Å². The number of hydrogen-bond acceptors (Lipinski definition) is 9. The maximum absolute atomic E-state index is 14.6. The quantitative estimate of drug-likeness (QED) is 0.117. The summed E-state index contributed by atoms with van der Waals surface area (Å²) in [4.78, 5) is 49.0. The number of aromatic nitrogens is 2. The molecule has 5 atom stereocenters. The first-order valence-electron chi connectivity index (χ1n) is 16.8. The van der Waals surface area contributed by atoms with Crippen LogP contribution in [0.5, 0.6) is 5.75 Å². The van der Waals surface area contributed by atoms with Crippen molar-refractivity contribution in [1.29, 1.82) is 0 Å². The van der Waals surface area contributed by atoms with Gasteiger partial charge in [-0.2, -0.15) is 0 Å². The molecule has 47 heavy (non-hydrogen) atoms. The summed E-state index contributed by atoms with van der Waals surface area (Å²) >= 11 is 0. The number of H-pyrrole nitrogens is 1. The van der Waals surface area contributed by atoms with E-state index >= 15 is 0 Å². The van der Waals surface area contributed by atoms with Crippen LogP contribution in [-0.2, 0) is 27.2 Å². The number of rotatable bonds is 18. The number of aromatic amines is 1. The highest BCUT2D eigenvalue weighted by molar-refractivity contribution is 6.13. The minimum Gasteiger partial charge on any atom is -0.497 e. The molecule has 0 aliphatic heterocycles. The molecule has 0 saturated heterocycles. The largest absolute Gasteiger partial charge is 0.497 e. The lowest BCUT2D eigenvalue weighted by atomic mass is 9.80. The second kappa shape index (κ2) is 17.2. The second-order valence-electron chi connectivity index (χ2n) is 14.4. The SMILES string of the molecule is COc1ccc(C[C@H](NC(=O)CC(C)(C)N)C(=O)[C@](N)(Cc2cnc[nH]2)C(=O)N[C@@H](CC2CCCCC2)C(O)CC(O)C(C)C)cc1. The fourth-order valence-corrected chi connectivity index (χ4v) is 6.21. The third-order valence-electron chi connectivity index (χ3n) is 9.08. The Labute approximate surface area is 278 Å². The minimum atomic E-state index is -2.16. The molecule has 12 heteroatoms. The highest BCUT2D eigenvalue weighted by Gasteiger charge is 2.47. The minimum absolute atomic E-state index is 0.0580. The van der Waals surface area contributed by atoms with Crippen LogP contribution in [0.4, 0.5) is 0 Å². The van der Waals surface area contributed by atoms with Crippen molar-refractivity contribution in [2.24, 2.45) is 23.3 Å². The molecular weight excluding hydrogens is 600 g/mol. The zero-order valence-electron chi connectivity index (χ0n) is 28.6. The maximum Gasteiger partial charge on any atom is 0.248 e. The molecule has 0 bridgehead atoms. The number of benzene rings is 1. The summed E-state index contributed by atoms with van der Waals surface area (Å²) in [6, 6.07) is 5.13. The Hall–Kier alpha value is -3.32. The molecule has 0 radical (unpaired) electrons. The van der Waals surface area contributed by atoms with E-state index in [-0.39, 0.29) is 37.5 Å². The van der Waals surface area contributed by atoms with Gasteiger partial charge in [0.1, 0.15) is 5.75 Å². The molecule has 2 aromatic rings. The van der Waals surface area contributed by atoms with Crippen molar-refractivity contribution in [3.8, 4) is 5.75 Å². The molecule has 12 nitrogen and oxygen atoms in total. The lowest BCUT2D eigenvalue weighted by Gasteiger charge is -2.36. The maximum atomic E-state index is 14.6. The van der Waals surface area contributed by atoms with Gasteiger partial charge < -0.3 is 42.0 Å². The van der Waals surface area contributed by atoms with E-state index in [2.05, 4.69) is 20.6 Å². The molecule has 2 unspecified atom stereocenters. The van der Waals surface area contributed by atoms with Crippen LogP contribution in [0.3, 0.4) is 0 Å². The first-order valence-corrected chi connectivity index (χ1v) is 16.8. The third kappa shape index (κ3) is 11.7. The molecule has 9 N–H and O–H groups in total. The van der Waals surface area contributed by atoms with Gasteiger partial charge in [-0.3, -0.25) is 14.4 Å². The Morgan fingerprint density at radius 1 is 1.04 bits per heavy atom. The van der Waals surface area contributed by atoms with Crippen LogP contribution in [0.15, 0.2) is 36.8 Å². The van der Waals surface area contributed by atoms with E-state index in [9.17, 15) is 24.6 Å². The van der Waals surface area contributed by atoms with Gasteiger partial charge in [-0.05, 0) is 56.2 Å². The predicted octanol–water partition coefficient (Wildman–Crippen LogP) is 2.31. The van der Waals surface area contributed by atoms with Crippen LogP contribution in [0.1, 0.15) is 90.3 Å². The number of imidazole rings is 1. The number of carbonyl (C=O) groups excluding carboxylic acids is 3. The standard InChI is InChI=1S/C35H56N6O6/c1-22(2)29(42)17-30(43)27(15-23-9-7-6-8-10-23)41-33(46)35(37,18-25-20-38-21-39-25)32(45)28(40-31(44)19-34(3,4)36)16-24-11-13-26(47-5)14-12-24/h11-14,20-23,27-30,42-43H,6-10,15-19,36-37H2,1-5H3,(H,38,39)(H,40,44)(H,41,46)/t27-,28-,29?,30?,35+/m0/s1. The lowest BCUT2D eigenvalue weighted by Crippen LogP contribution is -2.68. The molecule has 1 fully saturated rings. The number of methoxy groups -OCH3 is 1. The molecule has 2 amide bonds. The zero-order valence-corrected chi connectivity index (χ0v) is 28.6. The van der Waals surface area contributed by atoms with Gasteiger partial charge in [0.15, 0.2) is 11.3 Å². The summed E-state index contributed by atoms with van der Waals surface area (Å²) in [6.45, 7) is 7.14. The van der Waals surface area contributed by atoms with Crippen LogP contribution < -0.4 is 26.8 Å². The van der Waals surface area contributed by atoms with Crippen molar-refractivity contribution in [3.63, 3.8) is 0 Å². The molecule has 1 saturated carbocycles. The van der Waals surface area contributed by atoms with E-state index in [1.807, 2.05) is 13.8 Å². The number of nitrogens with one attached hydrogen (secondary N) is 3. The number of aliphatic hydroxyl groups excluding tert-OH is 2. The third-order valence-corrected chi connectivity index (χ3v) is 9.08. The number of ketones is 1. The number of aliphatic hydroxyl groups is 2. The van der Waals surface area contributed by atoms with Gasteiger partial charge in [-0.15, -0.1) is 0 Å². The fraction of sp³-hybridized carbons (Fsp3) is 0.657. The van der Waals surface area contributed by atoms with Gasteiger partial charge in [0.05, 0.1) is 37.7 Å². The Morgan fingerprint density at radius 3 is 2.26 bits per heavy atom. The van der Waals surface area contributed by atoms with Gasteiger partial charge >= 0.3 is 0 Å². The Morgan fingerprint density at radius 2 is 1.70 bits per heavy atom. The molecular formula is C35H56N6O6.